The van der Waals surface area contributed by atoms with Crippen LogP contribution in [0.15, 0.2) is 149 Å². The van der Waals surface area contributed by atoms with Crippen LogP contribution in [0.4, 0.5) is 0 Å². The molecule has 5 aromatic carbocycles. The molecule has 3 aliphatic carbocycles. The van der Waals surface area contributed by atoms with E-state index < -0.39 is 0 Å². The minimum Gasteiger partial charge on any atom is -0.352 e. The van der Waals surface area contributed by atoms with Gasteiger partial charge in [-0.25, -0.2) is 4.98 Å². The van der Waals surface area contributed by atoms with E-state index in [4.69, 9.17) is 4.98 Å². The van der Waals surface area contributed by atoms with Crippen LogP contribution in [0.1, 0.15) is 61.1 Å². The molecular weight excluding hydrogens is 801 g/mol. The number of allylic oxidation sites excluding steroid dienone is 4. The predicted octanol–water partition coefficient (Wildman–Crippen LogP) is 11.0. The van der Waals surface area contributed by atoms with Crippen LogP contribution >= 0.6 is 23.1 Å². The van der Waals surface area contributed by atoms with Crippen molar-refractivity contribution in [2.75, 3.05) is 6.54 Å². The molecule has 0 fully saturated rings. The van der Waals surface area contributed by atoms with Crippen LogP contribution in [0.2, 0.25) is 0 Å². The molecule has 3 unspecified atom stereocenters. The molecule has 3 N–H and O–H groups in total. The molecule has 5 aliphatic rings. The number of fused-ring (bicyclic) bond motifs is 5. The fourth-order valence-corrected chi connectivity index (χ4v) is 12.5. The molecular formula is C53H48N6OS2. The third-order valence-corrected chi connectivity index (χ3v) is 15.6. The number of thiazole rings is 1. The van der Waals surface area contributed by atoms with Crippen molar-refractivity contribution in [2.24, 2.45) is 11.8 Å². The molecule has 7 aromatic rings. The Bertz CT molecular complexity index is 3090. The van der Waals surface area contributed by atoms with Gasteiger partial charge in [-0.05, 0) is 112 Å². The van der Waals surface area contributed by atoms with E-state index in [2.05, 4.69) is 171 Å². The first kappa shape index (κ1) is 37.9. The van der Waals surface area contributed by atoms with Gasteiger partial charge in [0, 0.05) is 47.4 Å². The van der Waals surface area contributed by atoms with Gasteiger partial charge >= 0.3 is 0 Å². The summed E-state index contributed by atoms with van der Waals surface area (Å²) in [4.78, 5) is 22.4. The summed E-state index contributed by atoms with van der Waals surface area (Å²) in [7, 11) is 0. The number of benzene rings is 5. The molecule has 7 nitrogen and oxygen atoms in total. The Morgan fingerprint density at radius 1 is 0.855 bits per heavy atom. The largest absolute Gasteiger partial charge is 0.352 e. The van der Waals surface area contributed by atoms with Gasteiger partial charge in [-0.15, -0.1) is 11.3 Å². The summed E-state index contributed by atoms with van der Waals surface area (Å²) >= 11 is 3.45. The smallest absolute Gasteiger partial charge is 0.224 e. The number of nitrogens with zero attached hydrogens (tertiary/aromatic N) is 3. The third kappa shape index (κ3) is 6.43. The first-order valence-corrected chi connectivity index (χ1v) is 23.7. The highest BCUT2D eigenvalue weighted by molar-refractivity contribution is 8.03. The molecule has 0 radical (unpaired) electrons. The maximum atomic E-state index is 14.2. The number of carbonyl (C=O) groups is 1. The van der Waals surface area contributed by atoms with Gasteiger partial charge in [-0.3, -0.25) is 9.20 Å². The number of carbonyl (C=O) groups excluding carboxylic acids is 1. The van der Waals surface area contributed by atoms with E-state index in [0.29, 0.717) is 18.5 Å². The van der Waals surface area contributed by atoms with Crippen LogP contribution in [0.5, 0.6) is 0 Å². The molecule has 4 heterocycles. The number of nitrogens with one attached hydrogen (secondary N) is 3. The number of imidazole rings is 1. The lowest BCUT2D eigenvalue weighted by atomic mass is 9.83. The normalized spacial score (nSPS) is 21.9. The van der Waals surface area contributed by atoms with Gasteiger partial charge in [0.1, 0.15) is 0 Å². The summed E-state index contributed by atoms with van der Waals surface area (Å²) in [6, 6.07) is 38.0. The minimum absolute atomic E-state index is 0.0880. The van der Waals surface area contributed by atoms with E-state index >= 15 is 0 Å². The summed E-state index contributed by atoms with van der Waals surface area (Å²) in [5, 5.41) is 20.2. The first-order valence-electron chi connectivity index (χ1n) is 22.0. The SMILES string of the molecule is CC1C=C(c2ccc3c(-c4nc5sccn5c4CNC4Cc5ccccc5C4)cccc3c2)C2=C(C1)CC(C(=O)NCC1=C(c3ccc4ccccc4c3)NC3(C)SC=CN13)C2. The molecule has 0 bridgehead atoms. The lowest BCUT2D eigenvalue weighted by Gasteiger charge is -2.30. The predicted molar refractivity (Wildman–Crippen MR) is 256 cm³/mol. The van der Waals surface area contributed by atoms with Crippen molar-refractivity contribution >= 4 is 66.8 Å². The van der Waals surface area contributed by atoms with Crippen molar-refractivity contribution in [3.8, 4) is 11.3 Å². The lowest BCUT2D eigenvalue weighted by molar-refractivity contribution is -0.124. The summed E-state index contributed by atoms with van der Waals surface area (Å²) in [5.41, 5.74) is 15.0. The Morgan fingerprint density at radius 2 is 1.65 bits per heavy atom. The second kappa shape index (κ2) is 14.9. The maximum Gasteiger partial charge on any atom is 0.224 e. The molecule has 1 amide bonds. The number of hydrogen-bond donors (Lipinski definition) is 3. The van der Waals surface area contributed by atoms with Crippen molar-refractivity contribution < 1.29 is 4.79 Å². The van der Waals surface area contributed by atoms with Gasteiger partial charge in [-0.1, -0.05) is 121 Å². The highest BCUT2D eigenvalue weighted by atomic mass is 32.2. The zero-order valence-electron chi connectivity index (χ0n) is 34.9. The van der Waals surface area contributed by atoms with Crippen molar-refractivity contribution in [1.29, 1.82) is 0 Å². The number of amides is 1. The average molecular weight is 849 g/mol. The first-order chi connectivity index (χ1) is 30.3. The molecule has 3 atom stereocenters. The molecule has 0 saturated carbocycles. The quantitative estimate of drug-likeness (QED) is 0.134. The molecule has 0 saturated heterocycles. The summed E-state index contributed by atoms with van der Waals surface area (Å²) < 4.78 is 2.27. The zero-order valence-corrected chi connectivity index (χ0v) is 36.6. The third-order valence-electron chi connectivity index (χ3n) is 13.9. The average Bonchev–Trinajstić information content (AvgIpc) is 4.15. The Morgan fingerprint density at radius 3 is 2.52 bits per heavy atom. The molecule has 2 aliphatic heterocycles. The number of thioether (sulfide) groups is 1. The van der Waals surface area contributed by atoms with Crippen LogP contribution in [-0.2, 0) is 24.2 Å². The van der Waals surface area contributed by atoms with E-state index in [1.54, 1.807) is 23.1 Å². The van der Waals surface area contributed by atoms with Gasteiger partial charge < -0.3 is 20.9 Å². The van der Waals surface area contributed by atoms with E-state index in [9.17, 15) is 4.79 Å². The van der Waals surface area contributed by atoms with Gasteiger partial charge in [0.15, 0.2) is 9.96 Å². The fourth-order valence-electron chi connectivity index (χ4n) is 10.9. The van der Waals surface area contributed by atoms with Gasteiger partial charge in [-0.2, -0.15) is 0 Å². The van der Waals surface area contributed by atoms with Crippen molar-refractivity contribution in [3.63, 3.8) is 0 Å². The topological polar surface area (TPSA) is 73.7 Å². The highest BCUT2D eigenvalue weighted by Gasteiger charge is 2.44. The Balaban J connectivity index is 0.786. The van der Waals surface area contributed by atoms with E-state index in [1.165, 1.54) is 66.2 Å². The summed E-state index contributed by atoms with van der Waals surface area (Å²) in [5.74, 6) is 0.451. The Kier molecular flexibility index (Phi) is 9.10. The van der Waals surface area contributed by atoms with Crippen molar-refractivity contribution in [3.05, 3.63) is 177 Å². The standard InChI is InChI=1S/C53H48N6OS2/c1-32-22-40-26-41(51(60)55-31-48-49(57-53(2)59(48)19-21-62-53)39-15-14-33-8-3-4-9-34(33)24-39)29-46(40)45(23-32)38-16-17-43-37(25-38)12-7-13-44(43)50-47(58-18-20-61-52(58)56-50)30-54-42-27-35-10-5-6-11-36(35)28-42/h3-21,23-25,32,41-42,54,57H,22,26-31H2,1-2H3,(H,55,60). The summed E-state index contributed by atoms with van der Waals surface area (Å²) in [6.45, 7) is 5.73. The number of rotatable bonds is 9. The second-order valence-corrected chi connectivity index (χ2v) is 20.1. The van der Waals surface area contributed by atoms with E-state index in [1.807, 2.05) is 0 Å². The molecule has 2 aromatic heterocycles. The van der Waals surface area contributed by atoms with E-state index in [-0.39, 0.29) is 16.8 Å². The van der Waals surface area contributed by atoms with Crippen LogP contribution in [-0.4, -0.2) is 37.8 Å². The van der Waals surface area contributed by atoms with Gasteiger partial charge in [0.05, 0.1) is 29.3 Å². The number of hydrogen-bond acceptors (Lipinski definition) is 7. The minimum atomic E-state index is -0.317. The zero-order chi connectivity index (χ0) is 41.5. The van der Waals surface area contributed by atoms with Crippen LogP contribution in [0.3, 0.4) is 0 Å². The highest BCUT2D eigenvalue weighted by Crippen LogP contribution is 2.48. The lowest BCUT2D eigenvalue weighted by Crippen LogP contribution is -2.43. The van der Waals surface area contributed by atoms with Crippen molar-refractivity contribution in [2.45, 2.75) is 63.5 Å². The monoisotopic (exact) mass is 848 g/mol. The van der Waals surface area contributed by atoms with Crippen LogP contribution in [0, 0.1) is 11.8 Å². The molecule has 9 heteroatoms. The van der Waals surface area contributed by atoms with Crippen LogP contribution in [0.25, 0.3) is 49.0 Å². The molecule has 308 valence electrons. The second-order valence-electron chi connectivity index (χ2n) is 17.9. The molecule has 62 heavy (non-hydrogen) atoms. The fraction of sp³-hybridized carbons (Fsp3) is 0.245. The van der Waals surface area contributed by atoms with Crippen LogP contribution < -0.4 is 16.0 Å². The molecule has 12 rings (SSSR count). The van der Waals surface area contributed by atoms with Gasteiger partial charge in [0.25, 0.3) is 0 Å². The van der Waals surface area contributed by atoms with Crippen molar-refractivity contribution in [1.82, 2.24) is 30.2 Å². The Labute approximate surface area is 370 Å². The van der Waals surface area contributed by atoms with E-state index in [0.717, 1.165) is 66.3 Å². The Hall–Kier alpha value is -5.87. The maximum absolute atomic E-state index is 14.2. The molecule has 0 spiro atoms. The number of aromatic nitrogens is 2. The van der Waals surface area contributed by atoms with Gasteiger partial charge in [0.2, 0.25) is 5.91 Å². The summed E-state index contributed by atoms with van der Waals surface area (Å²) in [6.07, 6.45) is 11.4.